The highest BCUT2D eigenvalue weighted by molar-refractivity contribution is 6.31. The first kappa shape index (κ1) is 22.6. The van der Waals surface area contributed by atoms with Gasteiger partial charge in [0.05, 0.1) is 11.1 Å². The average molecular weight is 441 g/mol. The fraction of sp³-hybridized carbons (Fsp3) is 0.292. The molecular formula is C24H25ClN2O4. The third-order valence-corrected chi connectivity index (χ3v) is 5.69. The summed E-state index contributed by atoms with van der Waals surface area (Å²) in [4.78, 5) is 36.2. The number of carboxylic acid groups (broad SMARTS) is 1. The Morgan fingerprint density at radius 2 is 1.77 bits per heavy atom. The van der Waals surface area contributed by atoms with Gasteiger partial charge in [-0.3, -0.25) is 9.59 Å². The van der Waals surface area contributed by atoms with Gasteiger partial charge >= 0.3 is 5.97 Å². The summed E-state index contributed by atoms with van der Waals surface area (Å²) in [5, 5.41) is 10.3. The molecule has 0 aliphatic rings. The monoisotopic (exact) mass is 440 g/mol. The smallest absolute Gasteiger partial charge is 0.335 e. The molecule has 0 aliphatic heterocycles. The van der Waals surface area contributed by atoms with E-state index in [0.29, 0.717) is 34.7 Å². The molecule has 3 aromatic rings. The Labute approximate surface area is 185 Å². The number of fused-ring (bicyclic) bond motifs is 1. The molecule has 0 saturated carbocycles. The lowest BCUT2D eigenvalue weighted by atomic mass is 9.96. The number of hydrogen-bond acceptors (Lipinski definition) is 3. The molecule has 1 amide bonds. The number of rotatable bonds is 8. The zero-order valence-electron chi connectivity index (χ0n) is 17.7. The van der Waals surface area contributed by atoms with Gasteiger partial charge in [-0.2, -0.15) is 0 Å². The van der Waals surface area contributed by atoms with Gasteiger partial charge in [0.15, 0.2) is 5.78 Å². The largest absolute Gasteiger partial charge is 0.478 e. The second kappa shape index (κ2) is 8.94. The van der Waals surface area contributed by atoms with Gasteiger partial charge in [0, 0.05) is 39.7 Å². The lowest BCUT2D eigenvalue weighted by Crippen LogP contribution is -2.13. The molecule has 0 radical (unpaired) electrons. The van der Waals surface area contributed by atoms with E-state index < -0.39 is 11.9 Å². The van der Waals surface area contributed by atoms with Crippen LogP contribution >= 0.6 is 11.6 Å². The standard InChI is InChI=1S/C24H25ClN2O4/c1-4-5-19-21(22(28)13(2)3)17-9-8-14(23(26)29)11-20(17)27(19)12-16-7-6-15(24(30)31)10-18(16)25/h6-11,13H,4-5,12H2,1-3H3,(H2,26,29)(H,30,31). The van der Waals surface area contributed by atoms with Crippen LogP contribution in [0.1, 0.15) is 69.5 Å². The molecule has 0 spiro atoms. The first-order valence-electron chi connectivity index (χ1n) is 10.2. The van der Waals surface area contributed by atoms with Gasteiger partial charge in [0.1, 0.15) is 0 Å². The second-order valence-electron chi connectivity index (χ2n) is 7.88. The zero-order valence-corrected chi connectivity index (χ0v) is 18.5. The molecule has 3 rings (SSSR count). The van der Waals surface area contributed by atoms with Gasteiger partial charge < -0.3 is 15.4 Å². The fourth-order valence-electron chi connectivity index (χ4n) is 3.78. The Hall–Kier alpha value is -3.12. The van der Waals surface area contributed by atoms with Crippen LogP contribution in [-0.2, 0) is 13.0 Å². The number of halogens is 1. The van der Waals surface area contributed by atoms with E-state index in [2.05, 4.69) is 0 Å². The topological polar surface area (TPSA) is 102 Å². The number of primary amides is 1. The number of aromatic carboxylic acids is 1. The Morgan fingerprint density at radius 1 is 1.10 bits per heavy atom. The number of carbonyl (C=O) groups excluding carboxylic acids is 2. The minimum atomic E-state index is -1.05. The fourth-order valence-corrected chi connectivity index (χ4v) is 4.02. The van der Waals surface area contributed by atoms with E-state index in [1.54, 1.807) is 24.3 Å². The molecule has 3 N–H and O–H groups in total. The van der Waals surface area contributed by atoms with Gasteiger partial charge in [-0.25, -0.2) is 4.79 Å². The molecule has 0 unspecified atom stereocenters. The Kier molecular flexibility index (Phi) is 6.51. The first-order chi connectivity index (χ1) is 14.6. The first-order valence-corrected chi connectivity index (χ1v) is 10.5. The number of nitrogens with two attached hydrogens (primary N) is 1. The van der Waals surface area contributed by atoms with E-state index in [4.69, 9.17) is 17.3 Å². The van der Waals surface area contributed by atoms with Crippen LogP contribution in [0, 0.1) is 5.92 Å². The van der Waals surface area contributed by atoms with E-state index in [1.807, 2.05) is 25.3 Å². The third-order valence-electron chi connectivity index (χ3n) is 5.34. The van der Waals surface area contributed by atoms with Gasteiger partial charge in [0.25, 0.3) is 0 Å². The molecular weight excluding hydrogens is 416 g/mol. The van der Waals surface area contributed by atoms with Gasteiger partial charge in [-0.05, 0) is 36.2 Å². The van der Waals surface area contributed by atoms with E-state index in [1.165, 1.54) is 12.1 Å². The van der Waals surface area contributed by atoms with Gasteiger partial charge in [-0.1, -0.05) is 50.9 Å². The average Bonchev–Trinajstić information content (AvgIpc) is 3.01. The minimum Gasteiger partial charge on any atom is -0.478 e. The van der Waals surface area contributed by atoms with E-state index >= 15 is 0 Å². The van der Waals surface area contributed by atoms with Crippen molar-refractivity contribution in [2.45, 2.75) is 40.2 Å². The van der Waals surface area contributed by atoms with Crippen molar-refractivity contribution in [1.82, 2.24) is 4.57 Å². The van der Waals surface area contributed by atoms with E-state index in [-0.39, 0.29) is 17.3 Å². The highest BCUT2D eigenvalue weighted by atomic mass is 35.5. The predicted molar refractivity (Wildman–Crippen MR) is 121 cm³/mol. The minimum absolute atomic E-state index is 0.0337. The molecule has 0 fully saturated rings. The van der Waals surface area contributed by atoms with Crippen molar-refractivity contribution >= 4 is 40.2 Å². The zero-order chi connectivity index (χ0) is 22.9. The summed E-state index contributed by atoms with van der Waals surface area (Å²) in [6.45, 7) is 6.09. The molecule has 1 heterocycles. The normalized spacial score (nSPS) is 11.3. The number of amides is 1. The molecule has 1 aromatic heterocycles. The number of carboxylic acids is 1. The maximum absolute atomic E-state index is 13.1. The van der Waals surface area contributed by atoms with Crippen LogP contribution in [-0.4, -0.2) is 27.3 Å². The highest BCUT2D eigenvalue weighted by Gasteiger charge is 2.25. The Bertz CT molecular complexity index is 1190. The van der Waals surface area contributed by atoms with Crippen LogP contribution in [0.25, 0.3) is 10.9 Å². The quantitative estimate of drug-likeness (QED) is 0.484. The van der Waals surface area contributed by atoms with Crippen LogP contribution in [0.2, 0.25) is 5.02 Å². The van der Waals surface area contributed by atoms with E-state index in [9.17, 15) is 19.5 Å². The van der Waals surface area contributed by atoms with Crippen LogP contribution in [0.15, 0.2) is 36.4 Å². The molecule has 7 heteroatoms. The lowest BCUT2D eigenvalue weighted by Gasteiger charge is -2.14. The summed E-state index contributed by atoms with van der Waals surface area (Å²) in [6, 6.07) is 9.71. The van der Waals surface area contributed by atoms with Crippen molar-refractivity contribution in [3.05, 3.63) is 69.4 Å². The number of benzene rings is 2. The van der Waals surface area contributed by atoms with Gasteiger partial charge in [0.2, 0.25) is 5.91 Å². The van der Waals surface area contributed by atoms with Gasteiger partial charge in [-0.15, -0.1) is 0 Å². The Balaban J connectivity index is 2.28. The molecule has 0 saturated heterocycles. The molecule has 2 aromatic carbocycles. The maximum Gasteiger partial charge on any atom is 0.335 e. The summed E-state index contributed by atoms with van der Waals surface area (Å²) in [6.07, 6.45) is 1.49. The number of carbonyl (C=O) groups is 3. The SMILES string of the molecule is CCCc1c(C(=O)C(C)C)c2ccc(C(N)=O)cc2n1Cc1ccc(C(=O)O)cc1Cl. The second-order valence-corrected chi connectivity index (χ2v) is 8.29. The van der Waals surface area contributed by atoms with Crippen LogP contribution in [0.4, 0.5) is 0 Å². The van der Waals surface area contributed by atoms with Crippen molar-refractivity contribution in [3.63, 3.8) is 0 Å². The summed E-state index contributed by atoms with van der Waals surface area (Å²) in [5.41, 5.74) is 8.92. The molecule has 31 heavy (non-hydrogen) atoms. The number of aromatic nitrogens is 1. The molecule has 6 nitrogen and oxygen atoms in total. The van der Waals surface area contributed by atoms with Crippen molar-refractivity contribution in [2.75, 3.05) is 0 Å². The number of ketones is 1. The van der Waals surface area contributed by atoms with Crippen molar-refractivity contribution in [1.29, 1.82) is 0 Å². The number of hydrogen-bond donors (Lipinski definition) is 2. The maximum atomic E-state index is 13.1. The van der Waals surface area contributed by atoms with Crippen molar-refractivity contribution in [2.24, 2.45) is 11.7 Å². The summed E-state index contributed by atoms with van der Waals surface area (Å²) < 4.78 is 1.99. The predicted octanol–water partition coefficient (Wildman–Crippen LogP) is 4.93. The number of nitrogens with zero attached hydrogens (tertiary/aromatic N) is 1. The lowest BCUT2D eigenvalue weighted by molar-refractivity contribution is 0.0696. The third kappa shape index (κ3) is 4.35. The summed E-state index contributed by atoms with van der Waals surface area (Å²) >= 11 is 6.39. The van der Waals surface area contributed by atoms with Crippen molar-refractivity contribution in [3.8, 4) is 0 Å². The summed E-state index contributed by atoms with van der Waals surface area (Å²) in [5.74, 6) is -1.76. The molecule has 0 atom stereocenters. The van der Waals surface area contributed by atoms with E-state index in [0.717, 1.165) is 23.0 Å². The van der Waals surface area contributed by atoms with Crippen LogP contribution in [0.5, 0.6) is 0 Å². The highest BCUT2D eigenvalue weighted by Crippen LogP contribution is 2.32. The van der Waals surface area contributed by atoms with Crippen molar-refractivity contribution < 1.29 is 19.5 Å². The summed E-state index contributed by atoms with van der Waals surface area (Å²) in [7, 11) is 0. The van der Waals surface area contributed by atoms with Crippen LogP contribution < -0.4 is 5.73 Å². The number of Topliss-reactive ketones (excluding diaryl/α,β-unsaturated/α-hetero) is 1. The molecule has 0 bridgehead atoms. The van der Waals surface area contributed by atoms with Crippen LogP contribution in [0.3, 0.4) is 0 Å². The Morgan fingerprint density at radius 3 is 2.32 bits per heavy atom. The molecule has 0 aliphatic carbocycles. The molecule has 162 valence electrons.